The van der Waals surface area contributed by atoms with E-state index in [1.165, 1.54) is 34.9 Å². The Labute approximate surface area is 186 Å². The van der Waals surface area contributed by atoms with Crippen LogP contribution in [0.2, 0.25) is 0 Å². The third kappa shape index (κ3) is 3.09. The lowest BCUT2D eigenvalue weighted by Gasteiger charge is -2.42. The van der Waals surface area contributed by atoms with Gasteiger partial charge in [0.25, 0.3) is 5.91 Å². The molecule has 3 aromatic carbocycles. The van der Waals surface area contributed by atoms with Crippen molar-refractivity contribution < 1.29 is 22.8 Å². The van der Waals surface area contributed by atoms with E-state index in [-0.39, 0.29) is 36.3 Å². The molecule has 5 rings (SSSR count). The van der Waals surface area contributed by atoms with Crippen LogP contribution in [0, 0.1) is 17.5 Å². The number of halogens is 3. The standard InChI is InChI=1S/C24H17F3N2O2S/c25-16-7-5-15(6-8-16)14-28-21-4-2-1-3-18(21)24(23(28)31)29(22(30)11-12-32-24)17-9-10-19(26)20(27)13-17/h1-10,13H,11-12,14H2/t24-/m0/s1. The van der Waals surface area contributed by atoms with Gasteiger partial charge in [-0.1, -0.05) is 30.3 Å². The first-order chi connectivity index (χ1) is 15.4. The highest BCUT2D eigenvalue weighted by Gasteiger charge is 2.59. The molecule has 2 aliphatic heterocycles. The molecule has 1 atom stereocenters. The summed E-state index contributed by atoms with van der Waals surface area (Å²) >= 11 is 1.30. The first kappa shape index (κ1) is 20.6. The first-order valence-corrected chi connectivity index (χ1v) is 11.0. The van der Waals surface area contributed by atoms with Gasteiger partial charge in [-0.2, -0.15) is 0 Å². The zero-order valence-electron chi connectivity index (χ0n) is 16.7. The zero-order valence-corrected chi connectivity index (χ0v) is 17.5. The van der Waals surface area contributed by atoms with Crippen molar-refractivity contribution in [3.63, 3.8) is 0 Å². The number of hydrogen-bond acceptors (Lipinski definition) is 3. The van der Waals surface area contributed by atoms with Gasteiger partial charge in [0, 0.05) is 29.5 Å². The van der Waals surface area contributed by atoms with Gasteiger partial charge in [0.15, 0.2) is 11.6 Å². The van der Waals surface area contributed by atoms with Crippen molar-refractivity contribution >= 4 is 35.0 Å². The summed E-state index contributed by atoms with van der Waals surface area (Å²) in [4.78, 5) is 28.5. The summed E-state index contributed by atoms with van der Waals surface area (Å²) in [6.45, 7) is 0.179. The van der Waals surface area contributed by atoms with Gasteiger partial charge in [0.2, 0.25) is 10.8 Å². The fourth-order valence-corrected chi connectivity index (χ4v) is 5.75. The summed E-state index contributed by atoms with van der Waals surface area (Å²) in [6, 6.07) is 16.2. The normalized spacial score (nSPS) is 20.2. The van der Waals surface area contributed by atoms with Crippen LogP contribution < -0.4 is 9.80 Å². The summed E-state index contributed by atoms with van der Waals surface area (Å²) in [5.74, 6) is -2.80. The molecule has 0 bridgehead atoms. The Bertz CT molecular complexity index is 1230. The number of carbonyl (C=O) groups is 2. The fourth-order valence-electron chi connectivity index (χ4n) is 4.28. The maximum Gasteiger partial charge on any atom is 0.269 e. The van der Waals surface area contributed by atoms with Crippen LogP contribution >= 0.6 is 11.8 Å². The Morgan fingerprint density at radius 2 is 1.66 bits per heavy atom. The highest BCUT2D eigenvalue weighted by atomic mass is 32.2. The Kier molecular flexibility index (Phi) is 4.97. The summed E-state index contributed by atoms with van der Waals surface area (Å²) in [6.07, 6.45) is 0.165. The second-order valence-corrected chi connectivity index (χ2v) is 8.89. The lowest BCUT2D eigenvalue weighted by molar-refractivity contribution is -0.125. The van der Waals surface area contributed by atoms with Crippen molar-refractivity contribution in [3.05, 3.63) is 95.3 Å². The fraction of sp³-hybridized carbons (Fsp3) is 0.167. The van der Waals surface area contributed by atoms with Crippen molar-refractivity contribution in [1.82, 2.24) is 0 Å². The Balaban J connectivity index is 1.65. The second-order valence-electron chi connectivity index (χ2n) is 7.60. The minimum absolute atomic E-state index is 0.118. The molecule has 1 fully saturated rings. The summed E-state index contributed by atoms with van der Waals surface area (Å²) < 4.78 is 41.0. The maximum absolute atomic E-state index is 14.1. The van der Waals surface area contributed by atoms with Gasteiger partial charge >= 0.3 is 0 Å². The van der Waals surface area contributed by atoms with Crippen LogP contribution in [0.25, 0.3) is 0 Å². The number of amides is 2. The number of rotatable bonds is 3. The van der Waals surface area contributed by atoms with E-state index in [4.69, 9.17) is 0 Å². The first-order valence-electron chi connectivity index (χ1n) is 10.00. The number of nitrogens with zero attached hydrogens (tertiary/aromatic N) is 2. The molecule has 3 aromatic rings. The Morgan fingerprint density at radius 1 is 0.906 bits per heavy atom. The average Bonchev–Trinajstić information content (AvgIpc) is 3.01. The van der Waals surface area contributed by atoms with E-state index in [0.717, 1.165) is 17.7 Å². The Morgan fingerprint density at radius 3 is 2.41 bits per heavy atom. The van der Waals surface area contributed by atoms with E-state index in [1.807, 2.05) is 0 Å². The van der Waals surface area contributed by atoms with Crippen LogP contribution in [0.4, 0.5) is 24.5 Å². The zero-order chi connectivity index (χ0) is 22.5. The van der Waals surface area contributed by atoms with Crippen LogP contribution in [0.15, 0.2) is 66.7 Å². The SMILES string of the molecule is O=C1CCS[C@@]2(C(=O)N(Cc3ccc(F)cc3)c3ccccc32)N1c1ccc(F)c(F)c1. The van der Waals surface area contributed by atoms with Crippen LogP contribution in [0.1, 0.15) is 17.5 Å². The number of anilines is 2. The molecule has 0 unspecified atom stereocenters. The predicted molar refractivity (Wildman–Crippen MR) is 117 cm³/mol. The molecule has 32 heavy (non-hydrogen) atoms. The van der Waals surface area contributed by atoms with Crippen LogP contribution in [-0.2, 0) is 21.0 Å². The molecule has 0 aromatic heterocycles. The Hall–Kier alpha value is -3.26. The van der Waals surface area contributed by atoms with Gasteiger partial charge in [0.1, 0.15) is 5.82 Å². The second kappa shape index (κ2) is 7.70. The largest absolute Gasteiger partial charge is 0.304 e. The van der Waals surface area contributed by atoms with Crippen molar-refractivity contribution in [2.75, 3.05) is 15.6 Å². The molecule has 4 nitrogen and oxygen atoms in total. The van der Waals surface area contributed by atoms with Crippen LogP contribution in [0.3, 0.4) is 0 Å². The molecule has 2 aliphatic rings. The molecule has 8 heteroatoms. The summed E-state index contributed by atoms with van der Waals surface area (Å²) in [7, 11) is 0. The van der Waals surface area contributed by atoms with Gasteiger partial charge in [-0.15, -0.1) is 11.8 Å². The topological polar surface area (TPSA) is 40.6 Å². The molecule has 2 amide bonds. The van der Waals surface area contributed by atoms with Crippen LogP contribution in [-0.4, -0.2) is 17.6 Å². The molecule has 0 radical (unpaired) electrons. The van der Waals surface area contributed by atoms with Gasteiger partial charge in [-0.3, -0.25) is 14.5 Å². The number of hydrogen-bond donors (Lipinski definition) is 0. The van der Waals surface area contributed by atoms with E-state index < -0.39 is 16.5 Å². The average molecular weight is 454 g/mol. The van der Waals surface area contributed by atoms with Crippen molar-refractivity contribution in [1.29, 1.82) is 0 Å². The third-order valence-electron chi connectivity index (χ3n) is 5.70. The summed E-state index contributed by atoms with van der Waals surface area (Å²) in [5.41, 5.74) is 2.07. The number of para-hydroxylation sites is 1. The van der Waals surface area contributed by atoms with Gasteiger partial charge in [0.05, 0.1) is 12.2 Å². The molecule has 0 saturated carbocycles. The van der Waals surface area contributed by atoms with E-state index in [9.17, 15) is 22.8 Å². The molecule has 1 spiro atoms. The number of benzene rings is 3. The van der Waals surface area contributed by atoms with Crippen molar-refractivity contribution in [3.8, 4) is 0 Å². The van der Waals surface area contributed by atoms with Gasteiger partial charge in [-0.05, 0) is 35.9 Å². The molecular weight excluding hydrogens is 437 g/mol. The molecule has 1 saturated heterocycles. The number of fused-ring (bicyclic) bond motifs is 2. The van der Waals surface area contributed by atoms with E-state index in [2.05, 4.69) is 0 Å². The highest BCUT2D eigenvalue weighted by Crippen LogP contribution is 2.55. The van der Waals surface area contributed by atoms with Gasteiger partial charge in [-0.25, -0.2) is 13.2 Å². The number of carbonyl (C=O) groups excluding carboxylic acids is 2. The smallest absolute Gasteiger partial charge is 0.269 e. The molecule has 2 heterocycles. The summed E-state index contributed by atoms with van der Waals surface area (Å²) in [5, 5.41) is 0. The number of thioether (sulfide) groups is 1. The lowest BCUT2D eigenvalue weighted by atomic mass is 10.0. The third-order valence-corrected chi connectivity index (χ3v) is 7.10. The molecule has 162 valence electrons. The minimum atomic E-state index is -1.43. The van der Waals surface area contributed by atoms with Crippen molar-refractivity contribution in [2.45, 2.75) is 17.8 Å². The quantitative estimate of drug-likeness (QED) is 0.561. The minimum Gasteiger partial charge on any atom is -0.304 e. The van der Waals surface area contributed by atoms with Crippen molar-refractivity contribution in [2.24, 2.45) is 0 Å². The maximum atomic E-state index is 14.1. The molecule has 0 N–H and O–H groups in total. The van der Waals surface area contributed by atoms with Crippen LogP contribution in [0.5, 0.6) is 0 Å². The monoisotopic (exact) mass is 454 g/mol. The van der Waals surface area contributed by atoms with E-state index in [0.29, 0.717) is 17.0 Å². The highest BCUT2D eigenvalue weighted by molar-refractivity contribution is 8.01. The van der Waals surface area contributed by atoms with Gasteiger partial charge < -0.3 is 4.90 Å². The lowest BCUT2D eigenvalue weighted by Crippen LogP contribution is -2.56. The predicted octanol–water partition coefficient (Wildman–Crippen LogP) is 4.97. The molecule has 0 aliphatic carbocycles. The van der Waals surface area contributed by atoms with E-state index in [1.54, 1.807) is 41.3 Å². The van der Waals surface area contributed by atoms with E-state index >= 15 is 0 Å². The molecular formula is C24H17F3N2O2S.